The van der Waals surface area contributed by atoms with Crippen molar-refractivity contribution in [1.82, 2.24) is 4.98 Å². The molecule has 4 nitrogen and oxygen atoms in total. The molecule has 0 bridgehead atoms. The van der Waals surface area contributed by atoms with Gasteiger partial charge in [0.2, 0.25) is 0 Å². The summed E-state index contributed by atoms with van der Waals surface area (Å²) in [5, 5.41) is 3.13. The van der Waals surface area contributed by atoms with E-state index in [1.807, 2.05) is 0 Å². The van der Waals surface area contributed by atoms with E-state index in [0.29, 0.717) is 22.1 Å². The number of para-hydroxylation sites is 1. The van der Waals surface area contributed by atoms with Gasteiger partial charge in [0.05, 0.1) is 16.4 Å². The van der Waals surface area contributed by atoms with Gasteiger partial charge in [-0.1, -0.05) is 23.7 Å². The maximum absolute atomic E-state index is 11.9. The average molecular weight is 263 g/mol. The van der Waals surface area contributed by atoms with Crippen LogP contribution in [0.25, 0.3) is 0 Å². The number of amides is 1. The van der Waals surface area contributed by atoms with E-state index in [0.717, 1.165) is 0 Å². The van der Waals surface area contributed by atoms with E-state index >= 15 is 0 Å². The Morgan fingerprint density at radius 2 is 1.78 bits per heavy atom. The van der Waals surface area contributed by atoms with Crippen molar-refractivity contribution in [2.45, 2.75) is 6.92 Å². The molecule has 0 saturated heterocycles. The fraction of sp³-hybridized carbons (Fsp3) is 0.0769. The summed E-state index contributed by atoms with van der Waals surface area (Å²) in [6.07, 6.45) is 0. The third kappa shape index (κ3) is 2.60. The molecule has 2 rings (SSSR count). The SMILES string of the molecule is CC(=O)c1ccc(C(=O)Nc2ccccc2Cl)[nH]1. The van der Waals surface area contributed by atoms with Crippen LogP contribution >= 0.6 is 11.6 Å². The van der Waals surface area contributed by atoms with E-state index in [-0.39, 0.29) is 11.7 Å². The number of halogens is 1. The molecule has 0 spiro atoms. The first kappa shape index (κ1) is 12.4. The first-order valence-corrected chi connectivity index (χ1v) is 5.71. The summed E-state index contributed by atoms with van der Waals surface area (Å²) in [6.45, 7) is 1.43. The maximum Gasteiger partial charge on any atom is 0.272 e. The Balaban J connectivity index is 2.17. The van der Waals surface area contributed by atoms with Gasteiger partial charge in [-0.2, -0.15) is 0 Å². The number of aromatic amines is 1. The molecule has 0 aliphatic carbocycles. The lowest BCUT2D eigenvalue weighted by molar-refractivity contribution is 0.101. The molecule has 18 heavy (non-hydrogen) atoms. The van der Waals surface area contributed by atoms with E-state index in [2.05, 4.69) is 10.3 Å². The molecule has 0 aliphatic heterocycles. The van der Waals surface area contributed by atoms with E-state index in [1.54, 1.807) is 36.4 Å². The zero-order valence-corrected chi connectivity index (χ0v) is 10.4. The third-order valence-electron chi connectivity index (χ3n) is 2.43. The molecule has 1 aromatic carbocycles. The van der Waals surface area contributed by atoms with Gasteiger partial charge in [0.15, 0.2) is 5.78 Å². The minimum Gasteiger partial charge on any atom is -0.348 e. The van der Waals surface area contributed by atoms with Crippen molar-refractivity contribution in [1.29, 1.82) is 0 Å². The maximum atomic E-state index is 11.9. The molecule has 0 fully saturated rings. The number of H-pyrrole nitrogens is 1. The highest BCUT2D eigenvalue weighted by molar-refractivity contribution is 6.33. The number of aromatic nitrogens is 1. The molecule has 0 aliphatic rings. The van der Waals surface area contributed by atoms with E-state index in [4.69, 9.17) is 11.6 Å². The summed E-state index contributed by atoms with van der Waals surface area (Å²) in [7, 11) is 0. The molecular weight excluding hydrogens is 252 g/mol. The molecule has 92 valence electrons. The van der Waals surface area contributed by atoms with Crippen LogP contribution in [0.1, 0.15) is 27.9 Å². The van der Waals surface area contributed by atoms with Gasteiger partial charge in [0.1, 0.15) is 5.69 Å². The van der Waals surface area contributed by atoms with Gasteiger partial charge in [-0.15, -0.1) is 0 Å². The van der Waals surface area contributed by atoms with Crippen molar-refractivity contribution < 1.29 is 9.59 Å². The van der Waals surface area contributed by atoms with Crippen LogP contribution in [-0.2, 0) is 0 Å². The number of Topliss-reactive ketones (excluding diaryl/α,β-unsaturated/α-hetero) is 1. The molecule has 0 saturated carbocycles. The van der Waals surface area contributed by atoms with Gasteiger partial charge in [-0.3, -0.25) is 9.59 Å². The Hall–Kier alpha value is -2.07. The number of rotatable bonds is 3. The number of ketones is 1. The highest BCUT2D eigenvalue weighted by Gasteiger charge is 2.11. The first-order valence-electron chi connectivity index (χ1n) is 5.34. The standard InChI is InChI=1S/C13H11ClN2O2/c1-8(17)10-6-7-12(15-10)13(18)16-11-5-3-2-4-9(11)14/h2-7,15H,1H3,(H,16,18). The molecule has 1 aromatic heterocycles. The minimum atomic E-state index is -0.337. The Morgan fingerprint density at radius 1 is 1.11 bits per heavy atom. The smallest absolute Gasteiger partial charge is 0.272 e. The fourth-order valence-corrected chi connectivity index (χ4v) is 1.67. The fourth-order valence-electron chi connectivity index (χ4n) is 1.49. The largest absolute Gasteiger partial charge is 0.348 e. The molecular formula is C13H11ClN2O2. The summed E-state index contributed by atoms with van der Waals surface area (Å²) in [6, 6.07) is 10.1. The predicted molar refractivity (Wildman–Crippen MR) is 70.2 cm³/mol. The minimum absolute atomic E-state index is 0.119. The number of carbonyl (C=O) groups is 2. The van der Waals surface area contributed by atoms with Crippen LogP contribution in [0.3, 0.4) is 0 Å². The number of carbonyl (C=O) groups excluding carboxylic acids is 2. The van der Waals surface area contributed by atoms with Crippen molar-refractivity contribution in [3.63, 3.8) is 0 Å². The second-order valence-corrected chi connectivity index (χ2v) is 4.18. The highest BCUT2D eigenvalue weighted by atomic mass is 35.5. The van der Waals surface area contributed by atoms with Crippen molar-refractivity contribution in [2.75, 3.05) is 5.32 Å². The summed E-state index contributed by atoms with van der Waals surface area (Å²) < 4.78 is 0. The number of benzene rings is 1. The van der Waals surface area contributed by atoms with E-state index < -0.39 is 0 Å². The molecule has 2 aromatic rings. The zero-order valence-electron chi connectivity index (χ0n) is 9.66. The Bertz CT molecular complexity index is 605. The van der Waals surface area contributed by atoms with Crippen molar-refractivity contribution in [3.05, 3.63) is 52.8 Å². The summed E-state index contributed by atoms with van der Waals surface area (Å²) in [5.41, 5.74) is 1.25. The lowest BCUT2D eigenvalue weighted by Gasteiger charge is -2.05. The molecule has 2 N–H and O–H groups in total. The first-order chi connectivity index (χ1) is 8.58. The number of nitrogens with one attached hydrogen (secondary N) is 2. The lowest BCUT2D eigenvalue weighted by atomic mass is 10.3. The van der Waals surface area contributed by atoms with Crippen LogP contribution in [0.4, 0.5) is 5.69 Å². The summed E-state index contributed by atoms with van der Waals surface area (Å²) >= 11 is 5.93. The van der Waals surface area contributed by atoms with Crippen molar-refractivity contribution >= 4 is 29.0 Å². The number of anilines is 1. The van der Waals surface area contributed by atoms with Crippen LogP contribution in [0.15, 0.2) is 36.4 Å². The molecule has 1 amide bonds. The molecule has 0 radical (unpaired) electrons. The van der Waals surface area contributed by atoms with Crippen LogP contribution in [0, 0.1) is 0 Å². The lowest BCUT2D eigenvalue weighted by Crippen LogP contribution is -2.12. The van der Waals surface area contributed by atoms with Gasteiger partial charge in [-0.05, 0) is 24.3 Å². The molecule has 1 heterocycles. The Labute approximate surface area is 109 Å². The third-order valence-corrected chi connectivity index (χ3v) is 2.76. The molecule has 5 heteroatoms. The second kappa shape index (κ2) is 5.06. The van der Waals surface area contributed by atoms with Crippen molar-refractivity contribution in [2.24, 2.45) is 0 Å². The van der Waals surface area contributed by atoms with Crippen LogP contribution in [0.2, 0.25) is 5.02 Å². The van der Waals surface area contributed by atoms with Crippen LogP contribution < -0.4 is 5.32 Å². The summed E-state index contributed by atoms with van der Waals surface area (Å²) in [5.74, 6) is -0.456. The van der Waals surface area contributed by atoms with Gasteiger partial charge in [-0.25, -0.2) is 0 Å². The Morgan fingerprint density at radius 3 is 2.39 bits per heavy atom. The average Bonchev–Trinajstić information content (AvgIpc) is 2.81. The highest BCUT2D eigenvalue weighted by Crippen LogP contribution is 2.21. The summed E-state index contributed by atoms with van der Waals surface area (Å²) in [4.78, 5) is 25.7. The van der Waals surface area contributed by atoms with Gasteiger partial charge in [0, 0.05) is 6.92 Å². The van der Waals surface area contributed by atoms with Gasteiger partial charge < -0.3 is 10.3 Å². The topological polar surface area (TPSA) is 62.0 Å². The second-order valence-electron chi connectivity index (χ2n) is 3.78. The molecule has 0 unspecified atom stereocenters. The number of hydrogen-bond acceptors (Lipinski definition) is 2. The van der Waals surface area contributed by atoms with Crippen molar-refractivity contribution in [3.8, 4) is 0 Å². The molecule has 0 atom stereocenters. The van der Waals surface area contributed by atoms with E-state index in [1.165, 1.54) is 6.92 Å². The van der Waals surface area contributed by atoms with Crippen LogP contribution in [0.5, 0.6) is 0 Å². The van der Waals surface area contributed by atoms with Gasteiger partial charge in [0.25, 0.3) is 5.91 Å². The quantitative estimate of drug-likeness (QED) is 0.835. The number of hydrogen-bond donors (Lipinski definition) is 2. The monoisotopic (exact) mass is 262 g/mol. The van der Waals surface area contributed by atoms with Crippen LogP contribution in [-0.4, -0.2) is 16.7 Å². The Kier molecular flexibility index (Phi) is 3.48. The normalized spacial score (nSPS) is 10.1. The predicted octanol–water partition coefficient (Wildman–Crippen LogP) is 3.12. The zero-order chi connectivity index (χ0) is 13.1. The van der Waals surface area contributed by atoms with E-state index in [9.17, 15) is 9.59 Å². The van der Waals surface area contributed by atoms with Gasteiger partial charge >= 0.3 is 0 Å².